The Bertz CT molecular complexity index is 952. The van der Waals surface area contributed by atoms with Gasteiger partial charge in [-0.2, -0.15) is 0 Å². The van der Waals surface area contributed by atoms with E-state index in [1.54, 1.807) is 25.8 Å². The van der Waals surface area contributed by atoms with E-state index in [1.807, 2.05) is 0 Å². The van der Waals surface area contributed by atoms with Gasteiger partial charge in [0.05, 0.1) is 0 Å². The fourth-order valence-corrected chi connectivity index (χ4v) is 8.42. The van der Waals surface area contributed by atoms with Crippen molar-refractivity contribution in [2.75, 3.05) is 0 Å². The first kappa shape index (κ1) is 34.3. The van der Waals surface area contributed by atoms with Crippen LogP contribution in [0.1, 0.15) is 173 Å². The number of allylic oxidation sites excluding steroid dienone is 2. The third kappa shape index (κ3) is 11.1. The van der Waals surface area contributed by atoms with E-state index >= 15 is 0 Å². The maximum absolute atomic E-state index is 2.62. The molecule has 2 aromatic heterocycles. The van der Waals surface area contributed by atoms with Crippen LogP contribution in [0.2, 0.25) is 0 Å². The highest BCUT2D eigenvalue weighted by Crippen LogP contribution is 2.47. The van der Waals surface area contributed by atoms with Gasteiger partial charge in [0.2, 0.25) is 0 Å². The summed E-state index contributed by atoms with van der Waals surface area (Å²) in [5, 5.41) is 0. The second kappa shape index (κ2) is 17.8. The van der Waals surface area contributed by atoms with Gasteiger partial charge in [0.25, 0.3) is 0 Å². The maximum Gasteiger partial charge on any atom is 0.0477 e. The molecule has 39 heavy (non-hydrogen) atoms. The molecule has 222 valence electrons. The molecule has 0 amide bonds. The summed E-state index contributed by atoms with van der Waals surface area (Å²) in [5.74, 6) is 0. The summed E-state index contributed by atoms with van der Waals surface area (Å²) in [5.41, 5.74) is 3.60. The molecular weight excluding hydrogens is 509 g/mol. The highest BCUT2D eigenvalue weighted by molar-refractivity contribution is 7.22. The van der Waals surface area contributed by atoms with Crippen molar-refractivity contribution in [2.45, 2.75) is 175 Å². The summed E-state index contributed by atoms with van der Waals surface area (Å²) in [6, 6.07) is 5.24. The fourth-order valence-electron chi connectivity index (χ4n) is 5.65. The van der Waals surface area contributed by atoms with Gasteiger partial charge in [-0.3, -0.25) is 0 Å². The molecule has 0 saturated heterocycles. The Balaban J connectivity index is 2.46. The van der Waals surface area contributed by atoms with Gasteiger partial charge in [-0.1, -0.05) is 138 Å². The zero-order chi connectivity index (χ0) is 28.7. The van der Waals surface area contributed by atoms with Gasteiger partial charge < -0.3 is 0 Å². The fraction of sp³-hybridized carbons (Fsp3) is 0.730. The second-order valence-corrected chi connectivity index (χ2v) is 15.3. The van der Waals surface area contributed by atoms with E-state index in [1.165, 1.54) is 114 Å². The number of hydrogen-bond donors (Lipinski definition) is 0. The van der Waals surface area contributed by atoms with Crippen molar-refractivity contribution in [1.29, 1.82) is 0 Å². The summed E-state index contributed by atoms with van der Waals surface area (Å²) in [6.45, 7) is 19.1. The maximum atomic E-state index is 2.62. The average Bonchev–Trinajstić information content (AvgIpc) is 3.53. The van der Waals surface area contributed by atoms with Gasteiger partial charge in [-0.05, 0) is 67.2 Å². The minimum atomic E-state index is 0.0953. The van der Waals surface area contributed by atoms with Crippen LogP contribution in [0, 0.1) is 0 Å². The molecule has 0 N–H and O–H groups in total. The number of unbranched alkanes of at least 4 members (excludes halogenated alkanes) is 10. The highest BCUT2D eigenvalue weighted by atomic mass is 32.1. The quantitative estimate of drug-likeness (QED) is 0.103. The van der Waals surface area contributed by atoms with Crippen molar-refractivity contribution < 1.29 is 0 Å². The van der Waals surface area contributed by atoms with Crippen molar-refractivity contribution >= 4 is 22.7 Å². The summed E-state index contributed by atoms with van der Waals surface area (Å²) >= 11 is 4.23. The third-order valence-corrected chi connectivity index (χ3v) is 11.6. The largest absolute Gasteiger partial charge is 0.139 e. The molecule has 0 aliphatic rings. The third-order valence-electron chi connectivity index (χ3n) is 8.34. The standard InChI is InChI=1S/C37H62S2/c1-9-13-17-20-24-30-29-33(36(5,6)26-23-19-15-11-3)39-34(30)32-28-31(25-21-18-14-10-2)35(38-32)37(7,8)27-22-16-12-4/h22,27-29H,9-21,23-26H2,1-8H3. The predicted octanol–water partition coefficient (Wildman–Crippen LogP) is 13.6. The smallest absolute Gasteiger partial charge is 0.0477 e. The second-order valence-electron chi connectivity index (χ2n) is 13.2. The first-order valence-corrected chi connectivity index (χ1v) is 18.3. The molecular formula is C37H62S2. The summed E-state index contributed by atoms with van der Waals surface area (Å²) in [4.78, 5) is 6.34. The van der Waals surface area contributed by atoms with Gasteiger partial charge in [0.15, 0.2) is 0 Å². The molecule has 2 heterocycles. The molecule has 2 aromatic rings. The minimum Gasteiger partial charge on any atom is -0.139 e. The molecule has 0 unspecified atom stereocenters. The van der Waals surface area contributed by atoms with Gasteiger partial charge in [0, 0.05) is 24.9 Å². The average molecular weight is 571 g/mol. The molecule has 0 nitrogen and oxygen atoms in total. The number of thiophene rings is 2. The first-order chi connectivity index (χ1) is 18.7. The monoisotopic (exact) mass is 570 g/mol. The Morgan fingerprint density at radius 3 is 1.82 bits per heavy atom. The zero-order valence-electron chi connectivity index (χ0n) is 27.1. The lowest BCUT2D eigenvalue weighted by molar-refractivity contribution is 0.453. The molecule has 0 bridgehead atoms. The molecule has 0 spiro atoms. The van der Waals surface area contributed by atoms with E-state index in [2.05, 4.69) is 102 Å². The number of aryl methyl sites for hydroxylation is 2. The van der Waals surface area contributed by atoms with E-state index < -0.39 is 0 Å². The Labute approximate surface area is 252 Å². The van der Waals surface area contributed by atoms with Crippen molar-refractivity contribution in [1.82, 2.24) is 0 Å². The van der Waals surface area contributed by atoms with Crippen LogP contribution in [0.15, 0.2) is 24.3 Å². The van der Waals surface area contributed by atoms with Crippen LogP contribution in [0.5, 0.6) is 0 Å². The van der Waals surface area contributed by atoms with E-state index in [0.29, 0.717) is 0 Å². The van der Waals surface area contributed by atoms with Crippen LogP contribution in [0.3, 0.4) is 0 Å². The summed E-state index contributed by atoms with van der Waals surface area (Å²) in [6.07, 6.45) is 27.2. The van der Waals surface area contributed by atoms with Gasteiger partial charge in [-0.15, -0.1) is 22.7 Å². The molecule has 0 atom stereocenters. The minimum absolute atomic E-state index is 0.0953. The van der Waals surface area contributed by atoms with Gasteiger partial charge in [0.1, 0.15) is 0 Å². The Morgan fingerprint density at radius 1 is 0.641 bits per heavy atom. The van der Waals surface area contributed by atoms with E-state index in [4.69, 9.17) is 0 Å². The molecule has 0 saturated carbocycles. The molecule has 2 rings (SSSR count). The number of rotatable bonds is 21. The Morgan fingerprint density at radius 2 is 1.23 bits per heavy atom. The lowest BCUT2D eigenvalue weighted by Crippen LogP contribution is -2.15. The molecule has 0 radical (unpaired) electrons. The van der Waals surface area contributed by atoms with Crippen LogP contribution >= 0.6 is 22.7 Å². The Hall–Kier alpha value is -0.860. The first-order valence-electron chi connectivity index (χ1n) is 16.6. The van der Waals surface area contributed by atoms with Crippen molar-refractivity contribution in [3.8, 4) is 9.75 Å². The van der Waals surface area contributed by atoms with Crippen molar-refractivity contribution in [3.63, 3.8) is 0 Å². The SMILES string of the molecule is CCCC=CC(C)(C)c1sc(-c2sc(C(C)(C)CCCCCC)cc2CCCCCC)cc1CCCCCC. The molecule has 2 heteroatoms. The lowest BCUT2D eigenvalue weighted by atomic mass is 9.84. The van der Waals surface area contributed by atoms with E-state index in [0.717, 1.165) is 0 Å². The lowest BCUT2D eigenvalue weighted by Gasteiger charge is -2.23. The Kier molecular flexibility index (Phi) is 15.7. The van der Waals surface area contributed by atoms with Crippen LogP contribution in [-0.2, 0) is 23.7 Å². The normalized spacial score (nSPS) is 12.7. The molecule has 0 fully saturated rings. The molecule has 0 aliphatic heterocycles. The number of hydrogen-bond acceptors (Lipinski definition) is 2. The summed E-state index contributed by atoms with van der Waals surface area (Å²) in [7, 11) is 0. The van der Waals surface area contributed by atoms with Crippen molar-refractivity contribution in [2.24, 2.45) is 0 Å². The van der Waals surface area contributed by atoms with E-state index in [9.17, 15) is 0 Å². The predicted molar refractivity (Wildman–Crippen MR) is 182 cm³/mol. The topological polar surface area (TPSA) is 0 Å². The van der Waals surface area contributed by atoms with Crippen molar-refractivity contribution in [3.05, 3.63) is 45.2 Å². The molecule has 0 aromatic carbocycles. The van der Waals surface area contributed by atoms with Crippen LogP contribution < -0.4 is 0 Å². The van der Waals surface area contributed by atoms with Gasteiger partial charge >= 0.3 is 0 Å². The highest BCUT2D eigenvalue weighted by Gasteiger charge is 2.28. The molecule has 0 aliphatic carbocycles. The van der Waals surface area contributed by atoms with Gasteiger partial charge in [-0.25, -0.2) is 0 Å². The summed E-state index contributed by atoms with van der Waals surface area (Å²) < 4.78 is 0. The van der Waals surface area contributed by atoms with Crippen LogP contribution in [0.25, 0.3) is 9.75 Å². The zero-order valence-corrected chi connectivity index (χ0v) is 28.8. The van der Waals surface area contributed by atoms with Crippen LogP contribution in [0.4, 0.5) is 0 Å². The van der Waals surface area contributed by atoms with E-state index in [-0.39, 0.29) is 10.8 Å². The van der Waals surface area contributed by atoms with Crippen LogP contribution in [-0.4, -0.2) is 0 Å².